The van der Waals surface area contributed by atoms with Crippen LogP contribution in [0.5, 0.6) is 0 Å². The van der Waals surface area contributed by atoms with Crippen LogP contribution in [-0.2, 0) is 6.42 Å². The Bertz CT molecular complexity index is 392. The third-order valence-electron chi connectivity index (χ3n) is 4.31. The largest absolute Gasteiger partial charge is 0.309 e. The van der Waals surface area contributed by atoms with E-state index in [2.05, 4.69) is 62.1 Å². The molecule has 1 fully saturated rings. The third kappa shape index (κ3) is 3.79. The highest BCUT2D eigenvalue weighted by Crippen LogP contribution is 2.46. The highest BCUT2D eigenvalue weighted by atomic mass is 32.2. The second-order valence-corrected chi connectivity index (χ2v) is 7.77. The Balaban J connectivity index is 2.16. The highest BCUT2D eigenvalue weighted by molar-refractivity contribution is 8.00. The SMILES string of the molecule is CCCNC(c1ccc(CCC)cc1)C1(C)CCCS1. The fraction of sp³-hybridized carbons (Fsp3) is 0.667. The van der Waals surface area contributed by atoms with Crippen molar-refractivity contribution in [2.75, 3.05) is 12.3 Å². The van der Waals surface area contributed by atoms with Crippen LogP contribution < -0.4 is 5.32 Å². The van der Waals surface area contributed by atoms with E-state index in [1.807, 2.05) is 0 Å². The van der Waals surface area contributed by atoms with Crippen LogP contribution in [-0.4, -0.2) is 17.0 Å². The standard InChI is InChI=1S/C18H29NS/c1-4-7-15-8-10-16(11-9-15)17(19-13-5-2)18(3)12-6-14-20-18/h8-11,17,19H,4-7,12-14H2,1-3H3. The molecular weight excluding hydrogens is 262 g/mol. The van der Waals surface area contributed by atoms with Gasteiger partial charge in [-0.25, -0.2) is 0 Å². The van der Waals surface area contributed by atoms with E-state index in [4.69, 9.17) is 0 Å². The minimum Gasteiger partial charge on any atom is -0.309 e. The first kappa shape index (κ1) is 15.9. The summed E-state index contributed by atoms with van der Waals surface area (Å²) < 4.78 is 0.363. The Morgan fingerprint density at radius 2 is 1.95 bits per heavy atom. The fourth-order valence-corrected chi connectivity index (χ4v) is 4.60. The number of aryl methyl sites for hydroxylation is 1. The van der Waals surface area contributed by atoms with Gasteiger partial charge in [-0.1, -0.05) is 44.5 Å². The van der Waals surface area contributed by atoms with Crippen LogP contribution in [0.1, 0.15) is 63.6 Å². The zero-order valence-electron chi connectivity index (χ0n) is 13.2. The fourth-order valence-electron chi connectivity index (χ4n) is 3.17. The normalized spacial score (nSPS) is 23.9. The van der Waals surface area contributed by atoms with Gasteiger partial charge in [0.05, 0.1) is 0 Å². The van der Waals surface area contributed by atoms with Crippen molar-refractivity contribution in [1.82, 2.24) is 5.32 Å². The van der Waals surface area contributed by atoms with Gasteiger partial charge in [-0.2, -0.15) is 11.8 Å². The molecule has 1 N–H and O–H groups in total. The van der Waals surface area contributed by atoms with Crippen LogP contribution >= 0.6 is 11.8 Å². The van der Waals surface area contributed by atoms with Crippen molar-refractivity contribution in [1.29, 1.82) is 0 Å². The summed E-state index contributed by atoms with van der Waals surface area (Å²) in [6, 6.07) is 9.83. The molecule has 1 nitrogen and oxygen atoms in total. The summed E-state index contributed by atoms with van der Waals surface area (Å²) in [5, 5.41) is 3.80. The van der Waals surface area contributed by atoms with Crippen LogP contribution in [0.15, 0.2) is 24.3 Å². The van der Waals surface area contributed by atoms with Crippen molar-refractivity contribution in [3.05, 3.63) is 35.4 Å². The second kappa shape index (κ2) is 7.51. The van der Waals surface area contributed by atoms with Crippen LogP contribution in [0.3, 0.4) is 0 Å². The van der Waals surface area contributed by atoms with E-state index in [9.17, 15) is 0 Å². The van der Waals surface area contributed by atoms with Crippen LogP contribution in [0.2, 0.25) is 0 Å². The Morgan fingerprint density at radius 1 is 1.20 bits per heavy atom. The smallest absolute Gasteiger partial charge is 0.0466 e. The summed E-state index contributed by atoms with van der Waals surface area (Å²) in [5.74, 6) is 1.31. The quantitative estimate of drug-likeness (QED) is 0.761. The molecule has 2 heteroatoms. The molecule has 1 aliphatic rings. The summed E-state index contributed by atoms with van der Waals surface area (Å²) in [7, 11) is 0. The predicted octanol–water partition coefficient (Wildman–Crippen LogP) is 4.97. The van der Waals surface area contributed by atoms with Crippen LogP contribution in [0.4, 0.5) is 0 Å². The van der Waals surface area contributed by atoms with E-state index >= 15 is 0 Å². The molecule has 0 spiro atoms. The maximum absolute atomic E-state index is 3.80. The van der Waals surface area contributed by atoms with E-state index in [-0.39, 0.29) is 0 Å². The van der Waals surface area contributed by atoms with Crippen molar-refractivity contribution in [2.24, 2.45) is 0 Å². The van der Waals surface area contributed by atoms with Crippen molar-refractivity contribution in [3.8, 4) is 0 Å². The van der Waals surface area contributed by atoms with Gasteiger partial charge in [-0.15, -0.1) is 0 Å². The summed E-state index contributed by atoms with van der Waals surface area (Å²) in [5.41, 5.74) is 2.94. The lowest BCUT2D eigenvalue weighted by Crippen LogP contribution is -2.38. The van der Waals surface area contributed by atoms with Crippen LogP contribution in [0.25, 0.3) is 0 Å². The average molecular weight is 292 g/mol. The predicted molar refractivity (Wildman–Crippen MR) is 91.6 cm³/mol. The van der Waals surface area contributed by atoms with Gasteiger partial charge in [0.1, 0.15) is 0 Å². The lowest BCUT2D eigenvalue weighted by atomic mass is 9.89. The van der Waals surface area contributed by atoms with Gasteiger partial charge in [0.15, 0.2) is 0 Å². The first-order valence-electron chi connectivity index (χ1n) is 8.16. The molecule has 2 unspecified atom stereocenters. The van der Waals surface area contributed by atoms with Crippen molar-refractivity contribution < 1.29 is 0 Å². The van der Waals surface area contributed by atoms with Gasteiger partial charge in [-0.3, -0.25) is 0 Å². The molecule has 1 aromatic carbocycles. The van der Waals surface area contributed by atoms with E-state index in [1.54, 1.807) is 0 Å². The minimum atomic E-state index is 0.363. The highest BCUT2D eigenvalue weighted by Gasteiger charge is 2.38. The summed E-state index contributed by atoms with van der Waals surface area (Å²) in [6.45, 7) is 8.05. The van der Waals surface area contributed by atoms with Gasteiger partial charge in [-0.05, 0) is 56.0 Å². The van der Waals surface area contributed by atoms with E-state index < -0.39 is 0 Å². The number of thioether (sulfide) groups is 1. The molecule has 1 aliphatic heterocycles. The summed E-state index contributed by atoms with van der Waals surface area (Å²) in [4.78, 5) is 0. The summed E-state index contributed by atoms with van der Waals surface area (Å²) >= 11 is 2.15. The molecule has 0 radical (unpaired) electrons. The van der Waals surface area contributed by atoms with E-state index in [0.29, 0.717) is 10.8 Å². The van der Waals surface area contributed by atoms with E-state index in [1.165, 1.54) is 49.0 Å². The van der Waals surface area contributed by atoms with Gasteiger partial charge in [0.2, 0.25) is 0 Å². The second-order valence-electron chi connectivity index (χ2n) is 6.14. The molecule has 0 amide bonds. The number of benzene rings is 1. The lowest BCUT2D eigenvalue weighted by Gasteiger charge is -2.34. The number of hydrogen-bond acceptors (Lipinski definition) is 2. The van der Waals surface area contributed by atoms with Gasteiger partial charge < -0.3 is 5.32 Å². The van der Waals surface area contributed by atoms with Gasteiger partial charge in [0.25, 0.3) is 0 Å². The molecular formula is C18H29NS. The third-order valence-corrected chi connectivity index (χ3v) is 5.90. The lowest BCUT2D eigenvalue weighted by molar-refractivity contribution is 0.413. The monoisotopic (exact) mass is 291 g/mol. The van der Waals surface area contributed by atoms with Crippen LogP contribution in [0, 0.1) is 0 Å². The number of nitrogens with one attached hydrogen (secondary N) is 1. The van der Waals surface area contributed by atoms with Crippen molar-refractivity contribution >= 4 is 11.8 Å². The molecule has 1 aromatic rings. The average Bonchev–Trinajstić information content (AvgIpc) is 2.89. The maximum Gasteiger partial charge on any atom is 0.0466 e. The molecule has 0 saturated carbocycles. The maximum atomic E-state index is 3.80. The zero-order chi connectivity index (χ0) is 14.4. The molecule has 0 bridgehead atoms. The first-order chi connectivity index (χ1) is 9.69. The van der Waals surface area contributed by atoms with Crippen molar-refractivity contribution in [2.45, 2.75) is 63.7 Å². The molecule has 0 aromatic heterocycles. The molecule has 2 atom stereocenters. The first-order valence-corrected chi connectivity index (χ1v) is 9.14. The topological polar surface area (TPSA) is 12.0 Å². The Kier molecular flexibility index (Phi) is 5.98. The Morgan fingerprint density at radius 3 is 2.50 bits per heavy atom. The molecule has 112 valence electrons. The van der Waals surface area contributed by atoms with Crippen molar-refractivity contribution in [3.63, 3.8) is 0 Å². The molecule has 2 rings (SSSR count). The van der Waals surface area contributed by atoms with Gasteiger partial charge in [0, 0.05) is 10.8 Å². The Labute approximate surface area is 128 Å². The van der Waals surface area contributed by atoms with E-state index in [0.717, 1.165) is 6.54 Å². The number of rotatable bonds is 7. The molecule has 1 heterocycles. The minimum absolute atomic E-state index is 0.363. The van der Waals surface area contributed by atoms with Gasteiger partial charge >= 0.3 is 0 Å². The number of hydrogen-bond donors (Lipinski definition) is 1. The molecule has 1 saturated heterocycles. The summed E-state index contributed by atoms with van der Waals surface area (Å²) in [6.07, 6.45) is 6.31. The molecule has 20 heavy (non-hydrogen) atoms. The Hall–Kier alpha value is -0.470. The zero-order valence-corrected chi connectivity index (χ0v) is 14.1. The molecule has 0 aliphatic carbocycles.